The molecule has 0 aromatic heterocycles. The topological polar surface area (TPSA) is 49.3 Å². The Morgan fingerprint density at radius 2 is 1.90 bits per heavy atom. The molecule has 118 valence electrons. The summed E-state index contributed by atoms with van der Waals surface area (Å²) < 4.78 is 25.8. The van der Waals surface area contributed by atoms with Crippen LogP contribution in [0, 0.1) is 11.6 Å². The van der Waals surface area contributed by atoms with Crippen molar-refractivity contribution in [2.45, 2.75) is 51.6 Å². The van der Waals surface area contributed by atoms with Crippen LogP contribution >= 0.6 is 0 Å². The van der Waals surface area contributed by atoms with Gasteiger partial charge in [0.2, 0.25) is 5.91 Å². The smallest absolute Gasteiger partial charge is 0.220 e. The van der Waals surface area contributed by atoms with Crippen LogP contribution in [0.15, 0.2) is 18.2 Å². The SMILES string of the molecule is CCC(O)(CC)CNC(=O)CCCc1ccc(F)c(F)c1. The first-order valence-corrected chi connectivity index (χ1v) is 7.33. The molecule has 0 radical (unpaired) electrons. The first-order chi connectivity index (χ1) is 9.90. The van der Waals surface area contributed by atoms with Crippen molar-refractivity contribution in [2.75, 3.05) is 6.54 Å². The summed E-state index contributed by atoms with van der Waals surface area (Å²) in [6.45, 7) is 3.99. The van der Waals surface area contributed by atoms with Crippen LogP contribution in [0.4, 0.5) is 8.78 Å². The highest BCUT2D eigenvalue weighted by Gasteiger charge is 2.22. The summed E-state index contributed by atoms with van der Waals surface area (Å²) in [5.41, 5.74) is -0.184. The first kappa shape index (κ1) is 17.6. The van der Waals surface area contributed by atoms with Gasteiger partial charge in [0.25, 0.3) is 0 Å². The molecule has 0 aliphatic rings. The van der Waals surface area contributed by atoms with E-state index < -0.39 is 17.2 Å². The van der Waals surface area contributed by atoms with Crippen LogP contribution in [-0.2, 0) is 11.2 Å². The van der Waals surface area contributed by atoms with Crippen molar-refractivity contribution in [2.24, 2.45) is 0 Å². The van der Waals surface area contributed by atoms with Crippen LogP contribution in [0.3, 0.4) is 0 Å². The number of carbonyl (C=O) groups excluding carboxylic acids is 1. The molecular weight excluding hydrogens is 276 g/mol. The van der Waals surface area contributed by atoms with Crippen molar-refractivity contribution in [3.63, 3.8) is 0 Å². The zero-order valence-corrected chi connectivity index (χ0v) is 12.6. The standard InChI is InChI=1S/C16H23F2NO2/c1-3-16(21,4-2)11-19-15(20)7-5-6-12-8-9-13(17)14(18)10-12/h8-10,21H,3-7,11H2,1-2H3,(H,19,20). The molecule has 0 heterocycles. The minimum absolute atomic E-state index is 0.141. The van der Waals surface area contributed by atoms with Crippen LogP contribution in [0.25, 0.3) is 0 Å². The molecule has 0 fully saturated rings. The van der Waals surface area contributed by atoms with Crippen molar-refractivity contribution in [3.8, 4) is 0 Å². The van der Waals surface area contributed by atoms with Gasteiger partial charge < -0.3 is 10.4 Å². The lowest BCUT2D eigenvalue weighted by atomic mass is 9.97. The second-order valence-electron chi connectivity index (χ2n) is 5.31. The van der Waals surface area contributed by atoms with Crippen LogP contribution in [0.2, 0.25) is 0 Å². The normalized spacial score (nSPS) is 11.5. The van der Waals surface area contributed by atoms with Gasteiger partial charge in [-0.1, -0.05) is 19.9 Å². The highest BCUT2D eigenvalue weighted by atomic mass is 19.2. The number of nitrogens with one attached hydrogen (secondary N) is 1. The van der Waals surface area contributed by atoms with Crippen molar-refractivity contribution < 1.29 is 18.7 Å². The lowest BCUT2D eigenvalue weighted by Gasteiger charge is -2.25. The molecule has 1 rings (SSSR count). The number of halogens is 2. The van der Waals surface area contributed by atoms with E-state index in [-0.39, 0.29) is 12.5 Å². The van der Waals surface area contributed by atoms with E-state index in [9.17, 15) is 18.7 Å². The maximum Gasteiger partial charge on any atom is 0.220 e. The number of aliphatic hydroxyl groups is 1. The fourth-order valence-electron chi connectivity index (χ4n) is 2.00. The van der Waals surface area contributed by atoms with E-state index in [0.717, 1.165) is 12.1 Å². The number of benzene rings is 1. The zero-order chi connectivity index (χ0) is 15.9. The predicted octanol–water partition coefficient (Wildman–Crippen LogP) is 2.95. The van der Waals surface area contributed by atoms with Gasteiger partial charge in [-0.15, -0.1) is 0 Å². The largest absolute Gasteiger partial charge is 0.388 e. The monoisotopic (exact) mass is 299 g/mol. The minimum Gasteiger partial charge on any atom is -0.388 e. The quantitative estimate of drug-likeness (QED) is 0.775. The van der Waals surface area contributed by atoms with E-state index >= 15 is 0 Å². The second-order valence-corrected chi connectivity index (χ2v) is 5.31. The summed E-state index contributed by atoms with van der Waals surface area (Å²) in [7, 11) is 0. The third-order valence-electron chi connectivity index (χ3n) is 3.78. The first-order valence-electron chi connectivity index (χ1n) is 7.33. The van der Waals surface area contributed by atoms with Gasteiger partial charge in [-0.25, -0.2) is 8.78 Å². The Labute approximate surface area is 124 Å². The molecule has 1 aromatic carbocycles. The Balaban J connectivity index is 2.32. The number of aryl methyl sites for hydroxylation is 1. The summed E-state index contributed by atoms with van der Waals surface area (Å²) in [6, 6.07) is 3.76. The fraction of sp³-hybridized carbons (Fsp3) is 0.562. The van der Waals surface area contributed by atoms with Gasteiger partial charge in [0, 0.05) is 13.0 Å². The Bertz CT molecular complexity index is 473. The van der Waals surface area contributed by atoms with Crippen LogP contribution in [0.1, 0.15) is 45.1 Å². The van der Waals surface area contributed by atoms with Gasteiger partial charge in [0.05, 0.1) is 5.60 Å². The molecule has 0 bridgehead atoms. The van der Waals surface area contributed by atoms with Crippen molar-refractivity contribution in [3.05, 3.63) is 35.4 Å². The molecule has 1 aromatic rings. The Hall–Kier alpha value is -1.49. The highest BCUT2D eigenvalue weighted by molar-refractivity contribution is 5.75. The van der Waals surface area contributed by atoms with Crippen LogP contribution < -0.4 is 5.32 Å². The van der Waals surface area contributed by atoms with Crippen LogP contribution in [-0.4, -0.2) is 23.2 Å². The van der Waals surface area contributed by atoms with Gasteiger partial charge in [-0.3, -0.25) is 4.79 Å². The summed E-state index contributed by atoms with van der Waals surface area (Å²) in [5.74, 6) is -1.87. The molecule has 0 aliphatic carbocycles. The Kier molecular flexibility index (Phi) is 6.75. The van der Waals surface area contributed by atoms with Gasteiger partial charge >= 0.3 is 0 Å². The highest BCUT2D eigenvalue weighted by Crippen LogP contribution is 2.13. The summed E-state index contributed by atoms with van der Waals surface area (Å²) in [5, 5.41) is 12.8. The molecule has 2 N–H and O–H groups in total. The van der Waals surface area contributed by atoms with E-state index in [2.05, 4.69) is 5.32 Å². The van der Waals surface area contributed by atoms with E-state index in [1.165, 1.54) is 6.07 Å². The van der Waals surface area contributed by atoms with Crippen LogP contribution in [0.5, 0.6) is 0 Å². The minimum atomic E-state index is -0.868. The third kappa shape index (κ3) is 5.79. The van der Waals surface area contributed by atoms with Gasteiger partial charge in [-0.2, -0.15) is 0 Å². The number of carbonyl (C=O) groups is 1. The van der Waals surface area contributed by atoms with E-state index in [4.69, 9.17) is 0 Å². The Morgan fingerprint density at radius 1 is 1.24 bits per heavy atom. The number of hydrogen-bond acceptors (Lipinski definition) is 2. The van der Waals surface area contributed by atoms with E-state index in [1.54, 1.807) is 0 Å². The molecule has 0 unspecified atom stereocenters. The second kappa shape index (κ2) is 8.08. The molecule has 0 atom stereocenters. The summed E-state index contributed by atoms with van der Waals surface area (Å²) >= 11 is 0. The van der Waals surface area contributed by atoms with Crippen molar-refractivity contribution >= 4 is 5.91 Å². The summed E-state index contributed by atoms with van der Waals surface area (Å²) in [6.07, 6.45) is 2.52. The molecule has 0 aliphatic heterocycles. The molecule has 1 amide bonds. The molecule has 0 spiro atoms. The lowest BCUT2D eigenvalue weighted by molar-refractivity contribution is -0.122. The van der Waals surface area contributed by atoms with E-state index in [0.29, 0.717) is 37.7 Å². The molecule has 0 saturated heterocycles. The summed E-state index contributed by atoms with van der Waals surface area (Å²) in [4.78, 5) is 11.7. The number of amides is 1. The zero-order valence-electron chi connectivity index (χ0n) is 12.6. The lowest BCUT2D eigenvalue weighted by Crippen LogP contribution is -2.41. The van der Waals surface area contributed by atoms with Gasteiger partial charge in [0.15, 0.2) is 11.6 Å². The molecule has 3 nitrogen and oxygen atoms in total. The average molecular weight is 299 g/mol. The maximum atomic E-state index is 13.0. The average Bonchev–Trinajstić information content (AvgIpc) is 2.48. The van der Waals surface area contributed by atoms with Gasteiger partial charge in [0.1, 0.15) is 0 Å². The fourth-order valence-corrected chi connectivity index (χ4v) is 2.00. The number of hydrogen-bond donors (Lipinski definition) is 2. The predicted molar refractivity (Wildman–Crippen MR) is 77.8 cm³/mol. The molecule has 21 heavy (non-hydrogen) atoms. The molecular formula is C16H23F2NO2. The van der Waals surface area contributed by atoms with Gasteiger partial charge in [-0.05, 0) is 43.4 Å². The van der Waals surface area contributed by atoms with E-state index in [1.807, 2.05) is 13.8 Å². The number of rotatable bonds is 8. The third-order valence-corrected chi connectivity index (χ3v) is 3.78. The van der Waals surface area contributed by atoms with Crippen molar-refractivity contribution in [1.82, 2.24) is 5.32 Å². The maximum absolute atomic E-state index is 13.0. The Morgan fingerprint density at radius 3 is 2.48 bits per heavy atom. The molecule has 0 saturated carbocycles. The molecule has 5 heteroatoms. The van der Waals surface area contributed by atoms with Crippen molar-refractivity contribution in [1.29, 1.82) is 0 Å².